The van der Waals surface area contributed by atoms with Gasteiger partial charge in [-0.15, -0.1) is 0 Å². The molecule has 0 aliphatic carbocycles. The van der Waals surface area contributed by atoms with Gasteiger partial charge in [-0.2, -0.15) is 0 Å². The van der Waals surface area contributed by atoms with Crippen LogP contribution in [0.1, 0.15) is 22.3 Å². The van der Waals surface area contributed by atoms with Crippen molar-refractivity contribution >= 4 is 11.7 Å². The molecule has 1 aliphatic rings. The van der Waals surface area contributed by atoms with Crippen LogP contribution in [-0.4, -0.2) is 47.7 Å². The number of hydrogen-bond donors (Lipinski definition) is 0. The minimum atomic E-state index is -0.451. The fourth-order valence-corrected chi connectivity index (χ4v) is 3.04. The lowest BCUT2D eigenvalue weighted by atomic mass is 10.1. The molecule has 1 saturated heterocycles. The van der Waals surface area contributed by atoms with Gasteiger partial charge in [0.15, 0.2) is 0 Å². The summed E-state index contributed by atoms with van der Waals surface area (Å²) >= 11 is 0. The lowest BCUT2D eigenvalue weighted by Gasteiger charge is -2.21. The lowest BCUT2D eigenvalue weighted by Crippen LogP contribution is -2.39. The standard InChI is InChI=1S/C20H21FN2O2/c21-18-9-7-16(8-10-18)15-22-11-4-12-23(14-13-22)20(25)19(24)17-5-2-1-3-6-17/h1-3,5-10H,4,11-15H2. The van der Waals surface area contributed by atoms with E-state index in [9.17, 15) is 14.0 Å². The minimum Gasteiger partial charge on any atom is -0.334 e. The summed E-state index contributed by atoms with van der Waals surface area (Å²) in [5.41, 5.74) is 1.47. The number of halogens is 1. The van der Waals surface area contributed by atoms with Crippen LogP contribution in [0.25, 0.3) is 0 Å². The molecular weight excluding hydrogens is 319 g/mol. The molecule has 0 saturated carbocycles. The third-order valence-corrected chi connectivity index (χ3v) is 4.43. The number of ketones is 1. The SMILES string of the molecule is O=C(C(=O)N1CCCN(Cc2ccc(F)cc2)CC1)c1ccccc1. The van der Waals surface area contributed by atoms with E-state index < -0.39 is 11.7 Å². The Labute approximate surface area is 146 Å². The normalized spacial score (nSPS) is 15.6. The first-order valence-corrected chi connectivity index (χ1v) is 8.49. The van der Waals surface area contributed by atoms with Crippen LogP contribution >= 0.6 is 0 Å². The zero-order valence-corrected chi connectivity index (χ0v) is 14.0. The van der Waals surface area contributed by atoms with Crippen molar-refractivity contribution in [1.82, 2.24) is 9.80 Å². The number of benzene rings is 2. The van der Waals surface area contributed by atoms with E-state index >= 15 is 0 Å². The zero-order chi connectivity index (χ0) is 17.6. The third-order valence-electron chi connectivity index (χ3n) is 4.43. The Morgan fingerprint density at radius 2 is 1.60 bits per heavy atom. The number of hydrogen-bond acceptors (Lipinski definition) is 3. The van der Waals surface area contributed by atoms with Crippen LogP contribution in [0, 0.1) is 5.82 Å². The second-order valence-corrected chi connectivity index (χ2v) is 6.24. The Kier molecular flexibility index (Phi) is 5.56. The van der Waals surface area contributed by atoms with Crippen LogP contribution in [0.3, 0.4) is 0 Å². The number of nitrogens with zero attached hydrogens (tertiary/aromatic N) is 2. The largest absolute Gasteiger partial charge is 0.334 e. The van der Waals surface area contributed by atoms with Crippen molar-refractivity contribution in [1.29, 1.82) is 0 Å². The molecule has 0 radical (unpaired) electrons. The summed E-state index contributed by atoms with van der Waals surface area (Å²) in [6.45, 7) is 3.37. The molecule has 1 aliphatic heterocycles. The minimum absolute atomic E-state index is 0.240. The molecule has 1 fully saturated rings. The number of carbonyl (C=O) groups excluding carboxylic acids is 2. The van der Waals surface area contributed by atoms with Crippen LogP contribution in [0.2, 0.25) is 0 Å². The molecule has 2 aromatic rings. The molecular formula is C20H21FN2O2. The molecule has 130 valence electrons. The number of rotatable bonds is 4. The highest BCUT2D eigenvalue weighted by Crippen LogP contribution is 2.11. The zero-order valence-electron chi connectivity index (χ0n) is 14.0. The highest BCUT2D eigenvalue weighted by Gasteiger charge is 2.25. The number of carbonyl (C=O) groups is 2. The van der Waals surface area contributed by atoms with Gasteiger partial charge in [0, 0.05) is 38.3 Å². The smallest absolute Gasteiger partial charge is 0.295 e. The molecule has 4 nitrogen and oxygen atoms in total. The summed E-state index contributed by atoms with van der Waals surface area (Å²) in [6.07, 6.45) is 0.814. The van der Waals surface area contributed by atoms with Crippen molar-refractivity contribution in [3.05, 3.63) is 71.5 Å². The van der Waals surface area contributed by atoms with Crippen LogP contribution < -0.4 is 0 Å². The van der Waals surface area contributed by atoms with E-state index in [-0.39, 0.29) is 5.82 Å². The average Bonchev–Trinajstić information content (AvgIpc) is 2.89. The molecule has 1 heterocycles. The van der Waals surface area contributed by atoms with E-state index in [1.54, 1.807) is 41.3 Å². The monoisotopic (exact) mass is 340 g/mol. The van der Waals surface area contributed by atoms with Crippen LogP contribution in [0.4, 0.5) is 4.39 Å². The maximum Gasteiger partial charge on any atom is 0.295 e. The van der Waals surface area contributed by atoms with E-state index in [1.165, 1.54) is 12.1 Å². The Balaban J connectivity index is 1.58. The summed E-state index contributed by atoms with van der Waals surface area (Å²) in [5, 5.41) is 0. The summed E-state index contributed by atoms with van der Waals surface area (Å²) in [7, 11) is 0. The second kappa shape index (κ2) is 8.03. The molecule has 0 N–H and O–H groups in total. The van der Waals surface area contributed by atoms with Gasteiger partial charge in [-0.1, -0.05) is 42.5 Å². The Morgan fingerprint density at radius 3 is 2.32 bits per heavy atom. The predicted octanol–water partition coefficient (Wildman–Crippen LogP) is 2.74. The highest BCUT2D eigenvalue weighted by atomic mass is 19.1. The van der Waals surface area contributed by atoms with E-state index in [4.69, 9.17) is 0 Å². The van der Waals surface area contributed by atoms with Crippen molar-refractivity contribution < 1.29 is 14.0 Å². The average molecular weight is 340 g/mol. The first kappa shape index (κ1) is 17.3. The molecule has 2 aromatic carbocycles. The van der Waals surface area contributed by atoms with Gasteiger partial charge < -0.3 is 4.90 Å². The molecule has 0 spiro atoms. The lowest BCUT2D eigenvalue weighted by molar-refractivity contribution is -0.126. The molecule has 0 bridgehead atoms. The van der Waals surface area contributed by atoms with E-state index in [0.717, 1.165) is 25.1 Å². The summed E-state index contributed by atoms with van der Waals surface area (Å²) in [5.74, 6) is -1.13. The van der Waals surface area contributed by atoms with E-state index in [1.807, 2.05) is 6.07 Å². The molecule has 0 unspecified atom stereocenters. The molecule has 0 atom stereocenters. The number of Topliss-reactive ketones (excluding diaryl/α,β-unsaturated/α-hetero) is 1. The van der Waals surface area contributed by atoms with Gasteiger partial charge >= 0.3 is 0 Å². The highest BCUT2D eigenvalue weighted by molar-refractivity contribution is 6.42. The van der Waals surface area contributed by atoms with Crippen molar-refractivity contribution in [3.8, 4) is 0 Å². The van der Waals surface area contributed by atoms with Gasteiger partial charge in [0.25, 0.3) is 5.91 Å². The van der Waals surface area contributed by atoms with Crippen molar-refractivity contribution in [2.45, 2.75) is 13.0 Å². The predicted molar refractivity (Wildman–Crippen MR) is 93.6 cm³/mol. The quantitative estimate of drug-likeness (QED) is 0.635. The molecule has 0 aromatic heterocycles. The van der Waals surface area contributed by atoms with Gasteiger partial charge in [-0.05, 0) is 24.1 Å². The fourth-order valence-electron chi connectivity index (χ4n) is 3.04. The first-order chi connectivity index (χ1) is 12.1. The molecule has 1 amide bonds. The third kappa shape index (κ3) is 4.51. The van der Waals surface area contributed by atoms with Gasteiger partial charge in [-0.3, -0.25) is 14.5 Å². The number of amides is 1. The van der Waals surface area contributed by atoms with Crippen LogP contribution in [0.15, 0.2) is 54.6 Å². The molecule has 5 heteroatoms. The second-order valence-electron chi connectivity index (χ2n) is 6.24. The maximum atomic E-state index is 13.0. The summed E-state index contributed by atoms with van der Waals surface area (Å²) < 4.78 is 13.0. The maximum absolute atomic E-state index is 13.0. The van der Waals surface area contributed by atoms with Crippen LogP contribution in [-0.2, 0) is 11.3 Å². The first-order valence-electron chi connectivity index (χ1n) is 8.49. The fraction of sp³-hybridized carbons (Fsp3) is 0.300. The molecule has 25 heavy (non-hydrogen) atoms. The van der Waals surface area contributed by atoms with Gasteiger partial charge in [0.05, 0.1) is 0 Å². The van der Waals surface area contributed by atoms with Crippen LogP contribution in [0.5, 0.6) is 0 Å². The molecule has 3 rings (SSSR count). The van der Waals surface area contributed by atoms with Gasteiger partial charge in [0.2, 0.25) is 5.78 Å². The Bertz CT molecular complexity index is 731. The van der Waals surface area contributed by atoms with Gasteiger partial charge in [0.1, 0.15) is 5.82 Å². The Morgan fingerprint density at radius 1 is 0.880 bits per heavy atom. The summed E-state index contributed by atoms with van der Waals surface area (Å²) in [6, 6.07) is 15.1. The van der Waals surface area contributed by atoms with E-state index in [0.29, 0.717) is 25.2 Å². The summed E-state index contributed by atoms with van der Waals surface area (Å²) in [4.78, 5) is 28.7. The van der Waals surface area contributed by atoms with E-state index in [2.05, 4.69) is 4.90 Å². The van der Waals surface area contributed by atoms with Crippen molar-refractivity contribution in [2.24, 2.45) is 0 Å². The topological polar surface area (TPSA) is 40.6 Å². The van der Waals surface area contributed by atoms with Crippen molar-refractivity contribution in [3.63, 3.8) is 0 Å². The Hall–Kier alpha value is -2.53. The van der Waals surface area contributed by atoms with Gasteiger partial charge in [-0.25, -0.2) is 4.39 Å². The van der Waals surface area contributed by atoms with Crippen molar-refractivity contribution in [2.75, 3.05) is 26.2 Å².